The van der Waals surface area contributed by atoms with Crippen molar-refractivity contribution < 1.29 is 9.53 Å². The van der Waals surface area contributed by atoms with Crippen LogP contribution in [0.4, 0.5) is 0 Å². The highest BCUT2D eigenvalue weighted by Gasteiger charge is 2.36. The number of nitrogens with one attached hydrogen (secondary N) is 1. The van der Waals surface area contributed by atoms with Gasteiger partial charge >= 0.3 is 0 Å². The molecule has 7 heteroatoms. The van der Waals surface area contributed by atoms with E-state index in [0.29, 0.717) is 25.6 Å². The summed E-state index contributed by atoms with van der Waals surface area (Å²) < 4.78 is 7.38. The van der Waals surface area contributed by atoms with E-state index in [2.05, 4.69) is 27.0 Å². The Hall–Kier alpha value is -2.25. The molecule has 138 valence electrons. The predicted octanol–water partition coefficient (Wildman–Crippen LogP) is 1.47. The molecule has 0 unspecified atom stereocenters. The van der Waals surface area contributed by atoms with Crippen molar-refractivity contribution in [2.24, 2.45) is 5.92 Å². The molecule has 2 aromatic rings. The lowest BCUT2D eigenvalue weighted by Crippen LogP contribution is -2.47. The van der Waals surface area contributed by atoms with Crippen LogP contribution in [-0.2, 0) is 16.1 Å². The Bertz CT molecular complexity index is 775. The van der Waals surface area contributed by atoms with Gasteiger partial charge in [-0.15, -0.1) is 10.2 Å². The fourth-order valence-corrected chi connectivity index (χ4v) is 4.06. The van der Waals surface area contributed by atoms with Gasteiger partial charge in [0, 0.05) is 25.8 Å². The minimum absolute atomic E-state index is 0.120. The van der Waals surface area contributed by atoms with Gasteiger partial charge in [0.25, 0.3) is 0 Å². The van der Waals surface area contributed by atoms with Crippen molar-refractivity contribution in [3.63, 3.8) is 0 Å². The third kappa shape index (κ3) is 3.12. The molecule has 3 heterocycles. The maximum Gasteiger partial charge on any atom is 0.240 e. The van der Waals surface area contributed by atoms with Gasteiger partial charge < -0.3 is 19.5 Å². The van der Waals surface area contributed by atoms with Crippen LogP contribution in [0.1, 0.15) is 25.2 Å². The maximum absolute atomic E-state index is 12.9. The zero-order valence-corrected chi connectivity index (χ0v) is 15.3. The summed E-state index contributed by atoms with van der Waals surface area (Å²) in [6.45, 7) is 4.84. The Kier molecular flexibility index (Phi) is 4.74. The fourth-order valence-electron chi connectivity index (χ4n) is 4.06. The molecule has 3 atom stereocenters. The highest BCUT2D eigenvalue weighted by Crippen LogP contribution is 2.28. The summed E-state index contributed by atoms with van der Waals surface area (Å²) in [6.07, 6.45) is 0.833. The predicted molar refractivity (Wildman–Crippen MR) is 97.4 cm³/mol. The lowest BCUT2D eigenvalue weighted by Gasteiger charge is -2.34. The minimum Gasteiger partial charge on any atom is -0.384 e. The summed E-state index contributed by atoms with van der Waals surface area (Å²) in [5.41, 5.74) is 1.05. The summed E-state index contributed by atoms with van der Waals surface area (Å²) in [5, 5.41) is 12.1. The lowest BCUT2D eigenvalue weighted by atomic mass is 10.1. The van der Waals surface area contributed by atoms with Gasteiger partial charge in [0.2, 0.25) is 5.91 Å². The average Bonchev–Trinajstić information content (AvgIpc) is 3.29. The third-order valence-corrected chi connectivity index (χ3v) is 5.29. The Morgan fingerprint density at radius 1 is 1.31 bits per heavy atom. The van der Waals surface area contributed by atoms with Crippen LogP contribution in [0.15, 0.2) is 30.3 Å². The highest BCUT2D eigenvalue weighted by atomic mass is 16.5. The molecule has 0 bridgehead atoms. The van der Waals surface area contributed by atoms with Gasteiger partial charge in [0.05, 0.1) is 25.2 Å². The number of carbonyl (C=O) groups is 1. The Balaban J connectivity index is 1.51. The van der Waals surface area contributed by atoms with Crippen LogP contribution >= 0.6 is 0 Å². The van der Waals surface area contributed by atoms with Crippen molar-refractivity contribution >= 4 is 5.91 Å². The minimum atomic E-state index is -0.120. The number of fused-ring (bicyclic) bond motifs is 1. The van der Waals surface area contributed by atoms with Crippen molar-refractivity contribution in [1.82, 2.24) is 25.0 Å². The van der Waals surface area contributed by atoms with Gasteiger partial charge in [-0.05, 0) is 19.3 Å². The number of benzene rings is 1. The van der Waals surface area contributed by atoms with Crippen LogP contribution in [0.5, 0.6) is 0 Å². The van der Waals surface area contributed by atoms with E-state index in [4.69, 9.17) is 4.74 Å². The molecule has 7 nitrogen and oxygen atoms in total. The van der Waals surface area contributed by atoms with Gasteiger partial charge in [-0.25, -0.2) is 0 Å². The van der Waals surface area contributed by atoms with E-state index < -0.39 is 0 Å². The molecule has 1 fully saturated rings. The zero-order chi connectivity index (χ0) is 18.1. The number of methoxy groups -OCH3 is 1. The molecule has 0 aliphatic carbocycles. The first kappa shape index (κ1) is 17.2. The molecule has 1 aromatic heterocycles. The topological polar surface area (TPSA) is 72.3 Å². The molecule has 26 heavy (non-hydrogen) atoms. The monoisotopic (exact) mass is 355 g/mol. The molecule has 2 aliphatic heterocycles. The van der Waals surface area contributed by atoms with E-state index >= 15 is 0 Å². The molecule has 1 N–H and O–H groups in total. The van der Waals surface area contributed by atoms with Crippen LogP contribution in [0.3, 0.4) is 0 Å². The van der Waals surface area contributed by atoms with Crippen LogP contribution in [-0.4, -0.2) is 58.4 Å². The molecular formula is C19H25N5O2. The summed E-state index contributed by atoms with van der Waals surface area (Å²) in [5.74, 6) is 2.29. The Morgan fingerprint density at radius 2 is 2.12 bits per heavy atom. The molecule has 0 saturated carbocycles. The summed E-state index contributed by atoms with van der Waals surface area (Å²) >= 11 is 0. The quantitative estimate of drug-likeness (QED) is 0.899. The third-order valence-electron chi connectivity index (χ3n) is 5.29. The van der Waals surface area contributed by atoms with E-state index in [-0.39, 0.29) is 18.0 Å². The SMILES string of the molecule is COC[C@@H]1CN[C@H](C(=O)N2Cc3nnc(-c4ccccc4)n3[C@@H](C)C2)C1. The Labute approximate surface area is 153 Å². The van der Waals surface area contributed by atoms with Crippen molar-refractivity contribution in [2.45, 2.75) is 32.0 Å². The smallest absolute Gasteiger partial charge is 0.240 e. The second-order valence-corrected chi connectivity index (χ2v) is 7.26. The van der Waals surface area contributed by atoms with Crippen molar-refractivity contribution in [3.8, 4) is 11.4 Å². The number of hydrogen-bond acceptors (Lipinski definition) is 5. The molecule has 2 aliphatic rings. The first-order valence-corrected chi connectivity index (χ1v) is 9.17. The van der Waals surface area contributed by atoms with Crippen molar-refractivity contribution in [2.75, 3.05) is 26.8 Å². The first-order valence-electron chi connectivity index (χ1n) is 9.17. The first-order chi connectivity index (χ1) is 12.7. The molecule has 1 saturated heterocycles. The van der Waals surface area contributed by atoms with Gasteiger partial charge in [-0.2, -0.15) is 0 Å². The van der Waals surface area contributed by atoms with Gasteiger partial charge in [-0.3, -0.25) is 4.79 Å². The number of carbonyl (C=O) groups excluding carboxylic acids is 1. The standard InChI is InChI=1S/C19H25N5O2/c1-13-10-23(19(25)16-8-14(9-20-16)12-26-2)11-17-21-22-18(24(13)17)15-6-4-3-5-7-15/h3-7,13-14,16,20H,8-12H2,1-2H3/t13-,14-,16-/m0/s1. The second-order valence-electron chi connectivity index (χ2n) is 7.26. The van der Waals surface area contributed by atoms with E-state index in [1.807, 2.05) is 35.2 Å². The number of rotatable bonds is 4. The highest BCUT2D eigenvalue weighted by molar-refractivity contribution is 5.82. The Morgan fingerprint density at radius 3 is 2.88 bits per heavy atom. The molecular weight excluding hydrogens is 330 g/mol. The van der Waals surface area contributed by atoms with Gasteiger partial charge in [0.1, 0.15) is 0 Å². The van der Waals surface area contributed by atoms with Crippen LogP contribution < -0.4 is 5.32 Å². The molecule has 0 radical (unpaired) electrons. The van der Waals surface area contributed by atoms with Gasteiger partial charge in [0.15, 0.2) is 11.6 Å². The number of aromatic nitrogens is 3. The van der Waals surface area contributed by atoms with Gasteiger partial charge in [-0.1, -0.05) is 30.3 Å². The summed E-state index contributed by atoms with van der Waals surface area (Å²) in [4.78, 5) is 14.9. The number of nitrogens with zero attached hydrogens (tertiary/aromatic N) is 4. The molecule has 1 amide bonds. The molecule has 4 rings (SSSR count). The maximum atomic E-state index is 12.9. The van der Waals surface area contributed by atoms with Crippen molar-refractivity contribution in [1.29, 1.82) is 0 Å². The van der Waals surface area contributed by atoms with E-state index in [9.17, 15) is 4.79 Å². The molecule has 1 aromatic carbocycles. The van der Waals surface area contributed by atoms with E-state index in [0.717, 1.165) is 30.2 Å². The number of hydrogen-bond donors (Lipinski definition) is 1. The zero-order valence-electron chi connectivity index (χ0n) is 15.3. The summed E-state index contributed by atoms with van der Waals surface area (Å²) in [6, 6.07) is 10.1. The fraction of sp³-hybridized carbons (Fsp3) is 0.526. The van der Waals surface area contributed by atoms with Crippen LogP contribution in [0.25, 0.3) is 11.4 Å². The largest absolute Gasteiger partial charge is 0.384 e. The number of amides is 1. The van der Waals surface area contributed by atoms with Crippen molar-refractivity contribution in [3.05, 3.63) is 36.2 Å². The summed E-state index contributed by atoms with van der Waals surface area (Å²) in [7, 11) is 1.71. The van der Waals surface area contributed by atoms with Crippen LogP contribution in [0.2, 0.25) is 0 Å². The lowest BCUT2D eigenvalue weighted by molar-refractivity contribution is -0.135. The van der Waals surface area contributed by atoms with Crippen LogP contribution in [0, 0.1) is 5.92 Å². The van der Waals surface area contributed by atoms with E-state index in [1.165, 1.54) is 0 Å². The average molecular weight is 355 g/mol. The second kappa shape index (κ2) is 7.17. The molecule has 0 spiro atoms. The number of ether oxygens (including phenoxy) is 1. The normalized spacial score (nSPS) is 25.3. The van der Waals surface area contributed by atoms with E-state index in [1.54, 1.807) is 7.11 Å².